The third-order valence-corrected chi connectivity index (χ3v) is 4.10. The Kier molecular flexibility index (Phi) is 6.21. The molecule has 0 heterocycles. The minimum Gasteiger partial charge on any atom is -0.490 e. The van der Waals surface area contributed by atoms with E-state index in [-0.39, 0.29) is 17.7 Å². The van der Waals surface area contributed by atoms with Crippen LogP contribution in [0.4, 0.5) is 0 Å². The van der Waals surface area contributed by atoms with E-state index >= 15 is 0 Å². The van der Waals surface area contributed by atoms with E-state index < -0.39 is 0 Å². The standard InChI is InChI=1S/C17H25NO3/c1-20-11-12-21-16-10-6-5-8-14(16)17(19)13-7-3-2-4-9-15(13)18/h5-6,8,10,13,15H,2-4,7,9,11-12,18H2,1H3. The molecule has 0 bridgehead atoms. The van der Waals surface area contributed by atoms with Crippen molar-refractivity contribution < 1.29 is 14.3 Å². The molecule has 1 fully saturated rings. The maximum Gasteiger partial charge on any atom is 0.171 e. The van der Waals surface area contributed by atoms with E-state index in [2.05, 4.69) is 0 Å². The number of hydrogen-bond donors (Lipinski definition) is 1. The molecule has 0 radical (unpaired) electrons. The SMILES string of the molecule is COCCOc1ccccc1C(=O)C1CCCCCC1N. The lowest BCUT2D eigenvalue weighted by Gasteiger charge is -2.21. The van der Waals surface area contributed by atoms with Crippen molar-refractivity contribution >= 4 is 5.78 Å². The molecule has 2 unspecified atom stereocenters. The molecule has 0 spiro atoms. The molecule has 0 aromatic heterocycles. The number of nitrogens with two attached hydrogens (primary N) is 1. The Labute approximate surface area is 126 Å². The predicted molar refractivity (Wildman–Crippen MR) is 82.7 cm³/mol. The first-order chi connectivity index (χ1) is 10.2. The first kappa shape index (κ1) is 16.0. The third kappa shape index (κ3) is 4.29. The van der Waals surface area contributed by atoms with Gasteiger partial charge < -0.3 is 15.2 Å². The zero-order valence-corrected chi connectivity index (χ0v) is 12.7. The van der Waals surface area contributed by atoms with Crippen molar-refractivity contribution in [2.24, 2.45) is 11.7 Å². The molecule has 1 saturated carbocycles. The van der Waals surface area contributed by atoms with E-state index in [1.807, 2.05) is 24.3 Å². The summed E-state index contributed by atoms with van der Waals surface area (Å²) in [5.41, 5.74) is 6.86. The van der Waals surface area contributed by atoms with E-state index in [0.29, 0.717) is 24.5 Å². The van der Waals surface area contributed by atoms with Gasteiger partial charge in [-0.15, -0.1) is 0 Å². The van der Waals surface area contributed by atoms with Gasteiger partial charge in [-0.25, -0.2) is 0 Å². The van der Waals surface area contributed by atoms with Crippen LogP contribution in [-0.2, 0) is 4.74 Å². The lowest BCUT2D eigenvalue weighted by molar-refractivity contribution is 0.0887. The molecular weight excluding hydrogens is 266 g/mol. The number of carbonyl (C=O) groups excluding carboxylic acids is 1. The predicted octanol–water partition coefficient (Wildman–Crippen LogP) is 2.80. The Balaban J connectivity index is 2.13. The highest BCUT2D eigenvalue weighted by Crippen LogP contribution is 2.29. The molecule has 2 rings (SSSR count). The molecule has 0 aliphatic heterocycles. The highest BCUT2D eigenvalue weighted by Gasteiger charge is 2.29. The molecule has 116 valence electrons. The fourth-order valence-electron chi connectivity index (χ4n) is 2.89. The molecule has 1 aliphatic rings. The summed E-state index contributed by atoms with van der Waals surface area (Å²) in [5.74, 6) is 0.674. The Morgan fingerprint density at radius 1 is 1.19 bits per heavy atom. The number of rotatable bonds is 6. The molecule has 0 amide bonds. The number of ether oxygens (including phenoxy) is 2. The van der Waals surface area contributed by atoms with Crippen LogP contribution in [0.2, 0.25) is 0 Å². The lowest BCUT2D eigenvalue weighted by Crippen LogP contribution is -2.34. The normalized spacial score (nSPS) is 22.6. The molecule has 4 nitrogen and oxygen atoms in total. The van der Waals surface area contributed by atoms with Gasteiger partial charge in [0.15, 0.2) is 5.78 Å². The van der Waals surface area contributed by atoms with Gasteiger partial charge in [0.2, 0.25) is 0 Å². The van der Waals surface area contributed by atoms with Crippen LogP contribution in [0, 0.1) is 5.92 Å². The Morgan fingerprint density at radius 2 is 1.95 bits per heavy atom. The van der Waals surface area contributed by atoms with Gasteiger partial charge in [0.1, 0.15) is 12.4 Å². The van der Waals surface area contributed by atoms with Crippen LogP contribution in [-0.4, -0.2) is 32.1 Å². The summed E-state index contributed by atoms with van der Waals surface area (Å²) in [7, 11) is 1.63. The van der Waals surface area contributed by atoms with Crippen LogP contribution in [0.25, 0.3) is 0 Å². The number of ketones is 1. The van der Waals surface area contributed by atoms with E-state index in [1.54, 1.807) is 7.11 Å². The highest BCUT2D eigenvalue weighted by molar-refractivity contribution is 6.00. The quantitative estimate of drug-likeness (QED) is 0.497. The molecule has 21 heavy (non-hydrogen) atoms. The first-order valence-corrected chi connectivity index (χ1v) is 7.74. The van der Waals surface area contributed by atoms with Gasteiger partial charge in [0.25, 0.3) is 0 Å². The minimum atomic E-state index is -0.0836. The maximum atomic E-state index is 12.8. The number of methoxy groups -OCH3 is 1. The third-order valence-electron chi connectivity index (χ3n) is 4.10. The van der Waals surface area contributed by atoms with Crippen LogP contribution >= 0.6 is 0 Å². The van der Waals surface area contributed by atoms with Crippen LogP contribution in [0.15, 0.2) is 24.3 Å². The van der Waals surface area contributed by atoms with Crippen LogP contribution < -0.4 is 10.5 Å². The van der Waals surface area contributed by atoms with Gasteiger partial charge in [0.05, 0.1) is 12.2 Å². The first-order valence-electron chi connectivity index (χ1n) is 7.74. The van der Waals surface area contributed by atoms with Crippen molar-refractivity contribution in [3.05, 3.63) is 29.8 Å². The van der Waals surface area contributed by atoms with Gasteiger partial charge in [-0.3, -0.25) is 4.79 Å². The molecule has 1 aliphatic carbocycles. The maximum absolute atomic E-state index is 12.8. The average molecular weight is 291 g/mol. The molecule has 1 aromatic rings. The summed E-state index contributed by atoms with van der Waals surface area (Å²) in [6.07, 6.45) is 5.19. The van der Waals surface area contributed by atoms with Gasteiger partial charge in [-0.05, 0) is 25.0 Å². The molecule has 2 N–H and O–H groups in total. The average Bonchev–Trinajstić information content (AvgIpc) is 2.72. The van der Waals surface area contributed by atoms with E-state index in [1.165, 1.54) is 6.42 Å². The van der Waals surface area contributed by atoms with Gasteiger partial charge in [0, 0.05) is 19.1 Å². The smallest absolute Gasteiger partial charge is 0.171 e. The van der Waals surface area contributed by atoms with Crippen molar-refractivity contribution in [3.63, 3.8) is 0 Å². The van der Waals surface area contributed by atoms with E-state index in [0.717, 1.165) is 25.7 Å². The zero-order chi connectivity index (χ0) is 15.1. The number of benzene rings is 1. The second-order valence-corrected chi connectivity index (χ2v) is 5.61. The monoisotopic (exact) mass is 291 g/mol. The van der Waals surface area contributed by atoms with Crippen molar-refractivity contribution in [2.75, 3.05) is 20.3 Å². The van der Waals surface area contributed by atoms with Crippen molar-refractivity contribution in [1.82, 2.24) is 0 Å². The zero-order valence-electron chi connectivity index (χ0n) is 12.7. The van der Waals surface area contributed by atoms with Crippen LogP contribution in [0.1, 0.15) is 42.5 Å². The van der Waals surface area contributed by atoms with Gasteiger partial charge in [-0.2, -0.15) is 0 Å². The fourth-order valence-corrected chi connectivity index (χ4v) is 2.89. The Bertz CT molecular complexity index is 461. The van der Waals surface area contributed by atoms with E-state index in [4.69, 9.17) is 15.2 Å². The summed E-state index contributed by atoms with van der Waals surface area (Å²) >= 11 is 0. The molecular formula is C17H25NO3. The van der Waals surface area contributed by atoms with Gasteiger partial charge >= 0.3 is 0 Å². The second kappa shape index (κ2) is 8.15. The molecule has 2 atom stereocenters. The van der Waals surface area contributed by atoms with Crippen molar-refractivity contribution in [1.29, 1.82) is 0 Å². The van der Waals surface area contributed by atoms with Crippen molar-refractivity contribution in [3.8, 4) is 5.75 Å². The van der Waals surface area contributed by atoms with Gasteiger partial charge in [-0.1, -0.05) is 31.4 Å². The summed E-state index contributed by atoms with van der Waals surface area (Å²) in [4.78, 5) is 12.8. The summed E-state index contributed by atoms with van der Waals surface area (Å²) in [5, 5.41) is 0. The fraction of sp³-hybridized carbons (Fsp3) is 0.588. The number of carbonyl (C=O) groups is 1. The molecule has 1 aromatic carbocycles. The topological polar surface area (TPSA) is 61.5 Å². The summed E-state index contributed by atoms with van der Waals surface area (Å²) in [6.45, 7) is 0.947. The Morgan fingerprint density at radius 3 is 2.76 bits per heavy atom. The highest BCUT2D eigenvalue weighted by atomic mass is 16.5. The Hall–Kier alpha value is -1.39. The number of hydrogen-bond acceptors (Lipinski definition) is 4. The lowest BCUT2D eigenvalue weighted by atomic mass is 9.87. The van der Waals surface area contributed by atoms with Crippen LogP contribution in [0.5, 0.6) is 5.75 Å². The van der Waals surface area contributed by atoms with E-state index in [9.17, 15) is 4.79 Å². The molecule has 4 heteroatoms. The van der Waals surface area contributed by atoms with Crippen LogP contribution in [0.3, 0.4) is 0 Å². The number of para-hydroxylation sites is 1. The number of Topliss-reactive ketones (excluding diaryl/α,β-unsaturated/α-hetero) is 1. The van der Waals surface area contributed by atoms with Crippen molar-refractivity contribution in [2.45, 2.75) is 38.1 Å². The second-order valence-electron chi connectivity index (χ2n) is 5.61. The summed E-state index contributed by atoms with van der Waals surface area (Å²) < 4.78 is 10.7. The molecule has 0 saturated heterocycles. The largest absolute Gasteiger partial charge is 0.490 e. The summed E-state index contributed by atoms with van der Waals surface area (Å²) in [6, 6.07) is 7.39. The minimum absolute atomic E-state index is 0.0352.